The second-order valence-electron chi connectivity index (χ2n) is 5.34. The third kappa shape index (κ3) is 3.77. The zero-order valence-corrected chi connectivity index (χ0v) is 13.5. The molecule has 0 amide bonds. The van der Waals surface area contributed by atoms with E-state index in [1.54, 1.807) is 12.1 Å². The van der Waals surface area contributed by atoms with E-state index in [1.807, 2.05) is 0 Å². The molecule has 5 heteroatoms. The van der Waals surface area contributed by atoms with Crippen LogP contribution in [0.3, 0.4) is 0 Å². The fourth-order valence-electron chi connectivity index (χ4n) is 2.62. The molecule has 0 saturated carbocycles. The number of benzene rings is 1. The highest BCUT2D eigenvalue weighted by Gasteiger charge is 2.24. The molecule has 1 aromatic rings. The maximum Gasteiger partial charge on any atom is 0.0652 e. The Morgan fingerprint density at radius 3 is 2.63 bits per heavy atom. The summed E-state index contributed by atoms with van der Waals surface area (Å²) in [6.45, 7) is 5.18. The number of piperidine rings is 1. The van der Waals surface area contributed by atoms with Crippen molar-refractivity contribution >= 4 is 34.8 Å². The second kappa shape index (κ2) is 6.64. The minimum atomic E-state index is 0.502. The van der Waals surface area contributed by atoms with Gasteiger partial charge in [0.15, 0.2) is 0 Å². The van der Waals surface area contributed by atoms with Crippen LogP contribution in [0.15, 0.2) is 12.1 Å². The summed E-state index contributed by atoms with van der Waals surface area (Å²) < 4.78 is 0. The van der Waals surface area contributed by atoms with Crippen LogP contribution in [0.2, 0.25) is 15.1 Å². The molecule has 2 atom stereocenters. The van der Waals surface area contributed by atoms with Gasteiger partial charge in [0.25, 0.3) is 0 Å². The van der Waals surface area contributed by atoms with E-state index < -0.39 is 0 Å². The number of nitrogens with one attached hydrogen (secondary N) is 1. The summed E-state index contributed by atoms with van der Waals surface area (Å²) in [4.78, 5) is 2.36. The molecule has 0 bridgehead atoms. The van der Waals surface area contributed by atoms with Gasteiger partial charge in [0.05, 0.1) is 10.0 Å². The number of halogens is 3. The third-order valence-electron chi connectivity index (χ3n) is 3.79. The second-order valence-corrected chi connectivity index (χ2v) is 6.53. The van der Waals surface area contributed by atoms with Crippen molar-refractivity contribution in [3.63, 3.8) is 0 Å². The highest BCUT2D eigenvalue weighted by molar-refractivity contribution is 6.44. The molecule has 1 aliphatic rings. The van der Waals surface area contributed by atoms with Crippen molar-refractivity contribution in [2.45, 2.75) is 25.9 Å². The molecule has 0 aliphatic carbocycles. The van der Waals surface area contributed by atoms with Gasteiger partial charge in [-0.2, -0.15) is 0 Å². The average molecular weight is 322 g/mol. The highest BCUT2D eigenvalue weighted by Crippen LogP contribution is 2.31. The first-order valence-corrected chi connectivity index (χ1v) is 7.66. The monoisotopic (exact) mass is 320 g/mol. The van der Waals surface area contributed by atoms with Crippen LogP contribution in [0.4, 0.5) is 0 Å². The van der Waals surface area contributed by atoms with Gasteiger partial charge in [-0.25, -0.2) is 0 Å². The Bertz CT molecular complexity index is 451. The van der Waals surface area contributed by atoms with Crippen LogP contribution >= 0.6 is 34.8 Å². The number of hydrogen-bond acceptors (Lipinski definition) is 2. The molecule has 0 radical (unpaired) electrons. The van der Waals surface area contributed by atoms with Gasteiger partial charge in [-0.3, -0.25) is 0 Å². The van der Waals surface area contributed by atoms with Gasteiger partial charge in [0.1, 0.15) is 0 Å². The van der Waals surface area contributed by atoms with Gasteiger partial charge in [-0.05, 0) is 38.1 Å². The number of hydrogen-bond donors (Lipinski definition) is 1. The van der Waals surface area contributed by atoms with Crippen LogP contribution in [-0.4, -0.2) is 31.1 Å². The molecule has 2 rings (SSSR count). The Morgan fingerprint density at radius 1 is 1.26 bits per heavy atom. The number of nitrogens with zero attached hydrogens (tertiary/aromatic N) is 1. The van der Waals surface area contributed by atoms with Crippen LogP contribution in [0.5, 0.6) is 0 Å². The van der Waals surface area contributed by atoms with E-state index in [1.165, 1.54) is 0 Å². The molecule has 1 aliphatic heterocycles. The lowest BCUT2D eigenvalue weighted by Gasteiger charge is -2.35. The highest BCUT2D eigenvalue weighted by atomic mass is 35.5. The van der Waals surface area contributed by atoms with Gasteiger partial charge >= 0.3 is 0 Å². The van der Waals surface area contributed by atoms with Crippen molar-refractivity contribution in [3.05, 3.63) is 32.8 Å². The first kappa shape index (κ1) is 15.4. The van der Waals surface area contributed by atoms with Gasteiger partial charge in [0, 0.05) is 29.7 Å². The van der Waals surface area contributed by atoms with E-state index in [-0.39, 0.29) is 0 Å². The minimum absolute atomic E-state index is 0.502. The first-order valence-electron chi connectivity index (χ1n) is 6.53. The molecule has 1 fully saturated rings. The SMILES string of the molecule is CC1CN(C)CCC1NCc1c(Cl)ccc(Cl)c1Cl. The molecule has 0 aromatic heterocycles. The fourth-order valence-corrected chi connectivity index (χ4v) is 3.30. The molecular formula is C14H19Cl3N2. The van der Waals surface area contributed by atoms with Crippen molar-refractivity contribution in [1.29, 1.82) is 0 Å². The Kier molecular flexibility index (Phi) is 5.38. The topological polar surface area (TPSA) is 15.3 Å². The summed E-state index contributed by atoms with van der Waals surface area (Å²) in [5.74, 6) is 0.621. The molecular weight excluding hydrogens is 303 g/mol. The predicted molar refractivity (Wildman–Crippen MR) is 83.4 cm³/mol. The summed E-state index contributed by atoms with van der Waals surface area (Å²) in [5, 5.41) is 5.34. The van der Waals surface area contributed by atoms with Gasteiger partial charge in [0.2, 0.25) is 0 Å². The lowest BCUT2D eigenvalue weighted by atomic mass is 9.94. The van der Waals surface area contributed by atoms with Crippen molar-refractivity contribution in [2.24, 2.45) is 5.92 Å². The molecule has 1 aromatic carbocycles. The Labute approximate surface area is 130 Å². The minimum Gasteiger partial charge on any atom is -0.309 e. The summed E-state index contributed by atoms with van der Waals surface area (Å²) in [6.07, 6.45) is 1.15. The normalized spacial score (nSPS) is 24.7. The lowest BCUT2D eigenvalue weighted by molar-refractivity contribution is 0.174. The zero-order chi connectivity index (χ0) is 14.0. The van der Waals surface area contributed by atoms with Crippen LogP contribution < -0.4 is 5.32 Å². The molecule has 19 heavy (non-hydrogen) atoms. The van der Waals surface area contributed by atoms with Crippen molar-refractivity contribution in [3.8, 4) is 0 Å². The predicted octanol–water partition coefficient (Wildman–Crippen LogP) is 4.08. The fraction of sp³-hybridized carbons (Fsp3) is 0.571. The first-order chi connectivity index (χ1) is 8.99. The van der Waals surface area contributed by atoms with E-state index in [2.05, 4.69) is 24.2 Å². The number of likely N-dealkylation sites (tertiary alicyclic amines) is 1. The quantitative estimate of drug-likeness (QED) is 0.844. The van der Waals surface area contributed by atoms with Gasteiger partial charge in [-0.15, -0.1) is 0 Å². The third-order valence-corrected chi connectivity index (χ3v) is 4.99. The zero-order valence-electron chi connectivity index (χ0n) is 11.2. The summed E-state index contributed by atoms with van der Waals surface area (Å²) in [6, 6.07) is 4.03. The standard InChI is InChI=1S/C14H19Cl3N2/c1-9-8-19(2)6-5-13(9)18-7-10-11(15)3-4-12(16)14(10)17/h3-4,9,13,18H,5-8H2,1-2H3. The summed E-state index contributed by atoms with van der Waals surface area (Å²) >= 11 is 18.4. The molecule has 1 heterocycles. The van der Waals surface area contributed by atoms with E-state index in [0.717, 1.165) is 25.1 Å². The maximum atomic E-state index is 6.21. The molecule has 2 unspecified atom stereocenters. The Balaban J connectivity index is 2.01. The van der Waals surface area contributed by atoms with Crippen molar-refractivity contribution < 1.29 is 0 Å². The van der Waals surface area contributed by atoms with E-state index in [0.29, 0.717) is 33.6 Å². The molecule has 0 spiro atoms. The van der Waals surface area contributed by atoms with E-state index in [9.17, 15) is 0 Å². The van der Waals surface area contributed by atoms with Crippen LogP contribution in [0.25, 0.3) is 0 Å². The van der Waals surface area contributed by atoms with Crippen LogP contribution in [-0.2, 0) is 6.54 Å². The number of rotatable bonds is 3. The van der Waals surface area contributed by atoms with Crippen molar-refractivity contribution in [2.75, 3.05) is 20.1 Å². The largest absolute Gasteiger partial charge is 0.309 e. The lowest BCUT2D eigenvalue weighted by Crippen LogP contribution is -2.46. The average Bonchev–Trinajstić information content (AvgIpc) is 2.36. The molecule has 106 valence electrons. The Hall–Kier alpha value is 0.01000. The van der Waals surface area contributed by atoms with Crippen molar-refractivity contribution in [1.82, 2.24) is 10.2 Å². The van der Waals surface area contributed by atoms with Crippen LogP contribution in [0.1, 0.15) is 18.9 Å². The molecule has 1 saturated heterocycles. The van der Waals surface area contributed by atoms with Gasteiger partial charge in [-0.1, -0.05) is 41.7 Å². The molecule has 2 nitrogen and oxygen atoms in total. The van der Waals surface area contributed by atoms with Gasteiger partial charge < -0.3 is 10.2 Å². The van der Waals surface area contributed by atoms with Crippen LogP contribution in [0, 0.1) is 5.92 Å². The van der Waals surface area contributed by atoms with E-state index in [4.69, 9.17) is 34.8 Å². The Morgan fingerprint density at radius 2 is 1.95 bits per heavy atom. The summed E-state index contributed by atoms with van der Waals surface area (Å²) in [5.41, 5.74) is 0.891. The van der Waals surface area contributed by atoms with E-state index >= 15 is 0 Å². The molecule has 1 N–H and O–H groups in total. The smallest absolute Gasteiger partial charge is 0.0652 e. The maximum absolute atomic E-state index is 6.21. The summed E-state index contributed by atoms with van der Waals surface area (Å²) in [7, 11) is 2.16.